The molecule has 3 nitrogen and oxygen atoms in total. The van der Waals surface area contributed by atoms with Crippen molar-refractivity contribution in [3.05, 3.63) is 29.6 Å². The van der Waals surface area contributed by atoms with Crippen molar-refractivity contribution >= 4 is 12.6 Å². The lowest BCUT2D eigenvalue weighted by molar-refractivity contribution is -0.0316. The van der Waals surface area contributed by atoms with Gasteiger partial charge in [0.1, 0.15) is 5.82 Å². The Morgan fingerprint density at radius 1 is 1.33 bits per heavy atom. The molecule has 0 heterocycles. The van der Waals surface area contributed by atoms with Gasteiger partial charge in [0.25, 0.3) is 0 Å². The molecular weight excluding hydrogens is 270 g/mol. The summed E-state index contributed by atoms with van der Waals surface area (Å²) < 4.78 is 19.4. The van der Waals surface area contributed by atoms with Crippen molar-refractivity contribution in [2.75, 3.05) is 0 Å². The number of hydrogen-bond acceptors (Lipinski definition) is 3. The molecule has 0 radical (unpaired) electrons. The Hall–Kier alpha value is -0.905. The zero-order valence-electron chi connectivity index (χ0n) is 13.0. The Bertz CT molecular complexity index is 490. The van der Waals surface area contributed by atoms with Crippen LogP contribution in [-0.4, -0.2) is 23.3 Å². The van der Waals surface area contributed by atoms with Crippen molar-refractivity contribution in [1.29, 1.82) is 0 Å². The van der Waals surface area contributed by atoms with Gasteiger partial charge in [0.05, 0.1) is 12.7 Å². The normalized spacial score (nSPS) is 24.9. The van der Waals surface area contributed by atoms with E-state index in [1.807, 2.05) is 0 Å². The number of rotatable bonds is 4. The maximum atomic E-state index is 13.4. The van der Waals surface area contributed by atoms with Gasteiger partial charge in [-0.3, -0.25) is 0 Å². The quantitative estimate of drug-likeness (QED) is 0.837. The molecule has 0 bridgehead atoms. The van der Waals surface area contributed by atoms with Crippen molar-refractivity contribution in [3.8, 4) is 0 Å². The van der Waals surface area contributed by atoms with Gasteiger partial charge in [-0.15, -0.1) is 0 Å². The van der Waals surface area contributed by atoms with Crippen LogP contribution in [0.25, 0.3) is 0 Å². The first kappa shape index (κ1) is 16.5. The van der Waals surface area contributed by atoms with Gasteiger partial charge in [0, 0.05) is 5.46 Å². The first-order chi connectivity index (χ1) is 9.77. The van der Waals surface area contributed by atoms with Crippen LogP contribution in [0.3, 0.4) is 0 Å². The summed E-state index contributed by atoms with van der Waals surface area (Å²) in [5.74, 6) is 0.0305. The number of halogens is 1. The van der Waals surface area contributed by atoms with E-state index in [2.05, 4.69) is 20.8 Å². The van der Waals surface area contributed by atoms with Crippen molar-refractivity contribution in [2.45, 2.75) is 52.7 Å². The topological polar surface area (TPSA) is 49.7 Å². The van der Waals surface area contributed by atoms with Gasteiger partial charge in [-0.1, -0.05) is 32.9 Å². The van der Waals surface area contributed by atoms with Crippen LogP contribution < -0.4 is 5.46 Å². The SMILES string of the molecule is CC1CC(OCc2ccc(F)c(B(O)O)c2)CC(C)(C)C1. The third-order valence-corrected chi connectivity index (χ3v) is 4.17. The third-order valence-electron chi connectivity index (χ3n) is 4.17. The molecule has 1 fully saturated rings. The number of benzene rings is 1. The van der Waals surface area contributed by atoms with E-state index in [4.69, 9.17) is 14.8 Å². The summed E-state index contributed by atoms with van der Waals surface area (Å²) in [5, 5.41) is 18.2. The monoisotopic (exact) mass is 294 g/mol. The zero-order valence-corrected chi connectivity index (χ0v) is 13.0. The van der Waals surface area contributed by atoms with Gasteiger partial charge in [-0.25, -0.2) is 4.39 Å². The van der Waals surface area contributed by atoms with Crippen LogP contribution in [0.1, 0.15) is 45.6 Å². The highest BCUT2D eigenvalue weighted by Crippen LogP contribution is 2.39. The fourth-order valence-electron chi connectivity index (χ4n) is 3.48. The Labute approximate surface area is 126 Å². The molecule has 0 aromatic heterocycles. The Morgan fingerprint density at radius 3 is 2.67 bits per heavy atom. The highest BCUT2D eigenvalue weighted by molar-refractivity contribution is 6.58. The predicted molar refractivity (Wildman–Crippen MR) is 81.6 cm³/mol. The molecule has 0 aliphatic heterocycles. The van der Waals surface area contributed by atoms with Gasteiger partial charge in [0.15, 0.2) is 0 Å². The van der Waals surface area contributed by atoms with Crippen LogP contribution in [0.4, 0.5) is 4.39 Å². The van der Waals surface area contributed by atoms with E-state index in [1.54, 1.807) is 6.07 Å². The van der Waals surface area contributed by atoms with Crippen LogP contribution in [0.2, 0.25) is 0 Å². The van der Waals surface area contributed by atoms with Crippen molar-refractivity contribution in [3.63, 3.8) is 0 Å². The van der Waals surface area contributed by atoms with Crippen molar-refractivity contribution in [2.24, 2.45) is 11.3 Å². The summed E-state index contributed by atoms with van der Waals surface area (Å²) in [4.78, 5) is 0. The minimum atomic E-state index is -1.79. The minimum Gasteiger partial charge on any atom is -0.423 e. The molecule has 1 aromatic carbocycles. The molecular formula is C16H24BFO3. The molecule has 0 saturated heterocycles. The van der Waals surface area contributed by atoms with Gasteiger partial charge in [0.2, 0.25) is 0 Å². The van der Waals surface area contributed by atoms with Crippen molar-refractivity contribution in [1.82, 2.24) is 0 Å². The van der Waals surface area contributed by atoms with Crippen LogP contribution in [0.15, 0.2) is 18.2 Å². The smallest absolute Gasteiger partial charge is 0.423 e. The second-order valence-corrected chi connectivity index (χ2v) is 7.08. The average molecular weight is 294 g/mol. The summed E-state index contributed by atoms with van der Waals surface area (Å²) >= 11 is 0. The molecule has 1 aromatic rings. The molecule has 2 rings (SSSR count). The molecule has 2 atom stereocenters. The van der Waals surface area contributed by atoms with Crippen molar-refractivity contribution < 1.29 is 19.2 Å². The molecule has 1 aliphatic carbocycles. The Kier molecular flexibility index (Phi) is 5.07. The lowest BCUT2D eigenvalue weighted by Gasteiger charge is -2.38. The van der Waals surface area contributed by atoms with E-state index in [0.29, 0.717) is 12.5 Å². The molecule has 5 heteroatoms. The Morgan fingerprint density at radius 2 is 2.05 bits per heavy atom. The fraction of sp³-hybridized carbons (Fsp3) is 0.625. The van der Waals surface area contributed by atoms with Crippen LogP contribution in [-0.2, 0) is 11.3 Å². The average Bonchev–Trinajstić information content (AvgIpc) is 2.35. The molecule has 2 unspecified atom stereocenters. The highest BCUT2D eigenvalue weighted by Gasteiger charge is 2.32. The lowest BCUT2D eigenvalue weighted by atomic mass is 9.71. The molecule has 0 spiro atoms. The molecule has 0 amide bonds. The molecule has 21 heavy (non-hydrogen) atoms. The summed E-state index contributed by atoms with van der Waals surface area (Å²) in [6.07, 6.45) is 3.48. The summed E-state index contributed by atoms with van der Waals surface area (Å²) in [6.45, 7) is 7.14. The fourth-order valence-corrected chi connectivity index (χ4v) is 3.48. The van der Waals surface area contributed by atoms with Gasteiger partial charge in [-0.05, 0) is 42.2 Å². The molecule has 1 aliphatic rings. The van der Waals surface area contributed by atoms with Crippen LogP contribution >= 0.6 is 0 Å². The second kappa shape index (κ2) is 6.47. The molecule has 116 valence electrons. The summed E-state index contributed by atoms with van der Waals surface area (Å²) in [5.41, 5.74) is 0.946. The lowest BCUT2D eigenvalue weighted by Crippen LogP contribution is -2.34. The van der Waals surface area contributed by atoms with E-state index in [9.17, 15) is 4.39 Å². The van der Waals surface area contributed by atoms with E-state index >= 15 is 0 Å². The molecule has 2 N–H and O–H groups in total. The second-order valence-electron chi connectivity index (χ2n) is 7.08. The predicted octanol–water partition coefficient (Wildman–Crippen LogP) is 2.24. The maximum absolute atomic E-state index is 13.4. The largest absolute Gasteiger partial charge is 0.491 e. The summed E-state index contributed by atoms with van der Waals surface area (Å²) in [6, 6.07) is 4.33. The van der Waals surface area contributed by atoms with E-state index in [1.165, 1.54) is 18.6 Å². The molecule has 1 saturated carbocycles. The minimum absolute atomic E-state index is 0.103. The van der Waals surface area contributed by atoms with E-state index < -0.39 is 12.9 Å². The van der Waals surface area contributed by atoms with Gasteiger partial charge < -0.3 is 14.8 Å². The van der Waals surface area contributed by atoms with Crippen LogP contribution in [0, 0.1) is 17.2 Å². The summed E-state index contributed by atoms with van der Waals surface area (Å²) in [7, 11) is -1.79. The first-order valence-corrected chi connectivity index (χ1v) is 7.53. The number of hydrogen-bond donors (Lipinski definition) is 2. The highest BCUT2D eigenvalue weighted by atomic mass is 19.1. The number of ether oxygens (including phenoxy) is 1. The zero-order chi connectivity index (χ0) is 15.6. The van der Waals surface area contributed by atoms with E-state index in [0.717, 1.165) is 18.4 Å². The third kappa shape index (κ3) is 4.53. The Balaban J connectivity index is 1.98. The van der Waals surface area contributed by atoms with E-state index in [-0.39, 0.29) is 17.0 Å². The van der Waals surface area contributed by atoms with Gasteiger partial charge >= 0.3 is 7.12 Å². The maximum Gasteiger partial charge on any atom is 0.491 e. The van der Waals surface area contributed by atoms with Crippen LogP contribution in [0.5, 0.6) is 0 Å². The first-order valence-electron chi connectivity index (χ1n) is 7.53. The van der Waals surface area contributed by atoms with Gasteiger partial charge in [-0.2, -0.15) is 0 Å². The standard InChI is InChI=1S/C16H24BFO3/c1-11-6-13(9-16(2,3)8-11)21-10-12-4-5-15(18)14(7-12)17(19)20/h4-5,7,11,13,19-20H,6,8-10H2,1-3H3.